The number of rotatable bonds is 5. The molecule has 6 nitrogen and oxygen atoms in total. The Balaban J connectivity index is 1.87. The Morgan fingerprint density at radius 2 is 2.17 bits per heavy atom. The molecular formula is C15H17FN2O4S. The maximum Gasteiger partial charge on any atom is 0.329 e. The predicted molar refractivity (Wildman–Crippen MR) is 84.5 cm³/mol. The summed E-state index contributed by atoms with van der Waals surface area (Å²) >= 11 is 1.21. The number of thioether (sulfide) groups is 1. The lowest BCUT2D eigenvalue weighted by molar-refractivity contribution is -0.146. The molecule has 0 unspecified atom stereocenters. The molecule has 2 N–H and O–H groups in total. The van der Waals surface area contributed by atoms with Crippen molar-refractivity contribution in [3.8, 4) is 0 Å². The molecule has 1 aliphatic rings. The lowest BCUT2D eigenvalue weighted by Crippen LogP contribution is -2.51. The van der Waals surface area contributed by atoms with E-state index in [-0.39, 0.29) is 18.7 Å². The van der Waals surface area contributed by atoms with E-state index in [0.717, 1.165) is 0 Å². The zero-order valence-electron chi connectivity index (χ0n) is 12.5. The van der Waals surface area contributed by atoms with E-state index in [0.29, 0.717) is 5.75 Å². The normalized spacial score (nSPS) is 20.5. The maximum absolute atomic E-state index is 13.5. The number of nitrogens with one attached hydrogen (secondary N) is 2. The Bertz CT molecular complexity index is 611. The highest BCUT2D eigenvalue weighted by Crippen LogP contribution is 2.22. The van der Waals surface area contributed by atoms with E-state index < -0.39 is 34.9 Å². The molecule has 1 heterocycles. The number of carbonyl (C=O) groups is 3. The fraction of sp³-hybridized carbons (Fsp3) is 0.400. The molecule has 1 aromatic rings. The Hall–Kier alpha value is -2.09. The summed E-state index contributed by atoms with van der Waals surface area (Å²) in [7, 11) is 0. The number of anilines is 1. The molecule has 0 bridgehead atoms. The van der Waals surface area contributed by atoms with E-state index in [4.69, 9.17) is 4.74 Å². The second kappa shape index (κ2) is 7.96. The van der Waals surface area contributed by atoms with Gasteiger partial charge in [0, 0.05) is 12.2 Å². The molecule has 2 rings (SSSR count). The summed E-state index contributed by atoms with van der Waals surface area (Å²) in [6, 6.07) is 5.10. The lowest BCUT2D eigenvalue weighted by atomic mass is 10.2. The summed E-state index contributed by atoms with van der Waals surface area (Å²) < 4.78 is 18.3. The van der Waals surface area contributed by atoms with Crippen LogP contribution in [-0.4, -0.2) is 41.4 Å². The molecule has 1 fully saturated rings. The van der Waals surface area contributed by atoms with Crippen molar-refractivity contribution in [3.05, 3.63) is 30.1 Å². The average molecular weight is 340 g/mol. The number of hydrogen-bond acceptors (Lipinski definition) is 5. The highest BCUT2D eigenvalue weighted by molar-refractivity contribution is 8.00. The lowest BCUT2D eigenvalue weighted by Gasteiger charge is -2.27. The highest BCUT2D eigenvalue weighted by atomic mass is 32.2. The minimum atomic E-state index is -0.696. The molecule has 0 aromatic heterocycles. The second-order valence-electron chi connectivity index (χ2n) is 4.87. The van der Waals surface area contributed by atoms with Crippen LogP contribution in [0, 0.1) is 5.82 Å². The third-order valence-electron chi connectivity index (χ3n) is 3.16. The smallest absolute Gasteiger partial charge is 0.329 e. The molecule has 8 heteroatoms. The number of halogens is 1. The van der Waals surface area contributed by atoms with Crippen molar-refractivity contribution in [1.82, 2.24) is 5.32 Å². The summed E-state index contributed by atoms with van der Waals surface area (Å²) in [4.78, 5) is 35.5. The van der Waals surface area contributed by atoms with Crippen molar-refractivity contribution in [3.63, 3.8) is 0 Å². The van der Waals surface area contributed by atoms with E-state index in [1.807, 2.05) is 0 Å². The quantitative estimate of drug-likeness (QED) is 0.790. The molecule has 0 spiro atoms. The van der Waals surface area contributed by atoms with Gasteiger partial charge in [-0.2, -0.15) is 0 Å². The van der Waals surface area contributed by atoms with E-state index in [9.17, 15) is 18.8 Å². The molecule has 2 amide bonds. The third kappa shape index (κ3) is 4.69. The van der Waals surface area contributed by atoms with Crippen molar-refractivity contribution in [2.75, 3.05) is 17.7 Å². The van der Waals surface area contributed by atoms with Gasteiger partial charge in [0.25, 0.3) is 0 Å². The molecule has 124 valence electrons. The van der Waals surface area contributed by atoms with Crippen molar-refractivity contribution in [1.29, 1.82) is 0 Å². The molecule has 0 aliphatic carbocycles. The van der Waals surface area contributed by atoms with Crippen LogP contribution in [0.2, 0.25) is 0 Å². The number of benzene rings is 1. The predicted octanol–water partition coefficient (Wildman–Crippen LogP) is 1.32. The molecule has 0 saturated carbocycles. The third-order valence-corrected chi connectivity index (χ3v) is 4.47. The number of hydrogen-bond donors (Lipinski definition) is 2. The minimum Gasteiger partial charge on any atom is -0.464 e. The van der Waals surface area contributed by atoms with Crippen LogP contribution in [0.1, 0.15) is 13.3 Å². The van der Waals surface area contributed by atoms with Crippen molar-refractivity contribution >= 4 is 35.2 Å². The first-order valence-electron chi connectivity index (χ1n) is 7.14. The van der Waals surface area contributed by atoms with Gasteiger partial charge in [-0.1, -0.05) is 12.1 Å². The number of esters is 1. The first kappa shape index (κ1) is 17.3. The van der Waals surface area contributed by atoms with E-state index >= 15 is 0 Å². The van der Waals surface area contributed by atoms with Crippen LogP contribution in [0.5, 0.6) is 0 Å². The molecule has 0 radical (unpaired) electrons. The summed E-state index contributed by atoms with van der Waals surface area (Å²) in [5.41, 5.74) is 0.0723. The molecule has 23 heavy (non-hydrogen) atoms. The van der Waals surface area contributed by atoms with Gasteiger partial charge in [0.1, 0.15) is 11.9 Å². The van der Waals surface area contributed by atoms with Crippen LogP contribution in [-0.2, 0) is 19.1 Å². The van der Waals surface area contributed by atoms with Crippen LogP contribution in [0.25, 0.3) is 0 Å². The van der Waals surface area contributed by atoms with Gasteiger partial charge in [-0.25, -0.2) is 9.18 Å². The van der Waals surface area contributed by atoms with Crippen molar-refractivity contribution in [2.24, 2.45) is 0 Å². The zero-order valence-corrected chi connectivity index (χ0v) is 13.3. The molecule has 1 aliphatic heterocycles. The summed E-state index contributed by atoms with van der Waals surface area (Å²) in [6.07, 6.45) is -0.0968. The maximum atomic E-state index is 13.5. The minimum absolute atomic E-state index is 0.0723. The number of carbonyl (C=O) groups excluding carboxylic acids is 3. The largest absolute Gasteiger partial charge is 0.464 e. The number of ether oxygens (including phenoxy) is 1. The standard InChI is InChI=1S/C15H17FN2O4S/c1-2-22-15(21)11-8-23-12(14(20)18-11)7-13(19)17-10-6-4-3-5-9(10)16/h3-6,11-12H,2,7-8H2,1H3,(H,17,19)(H,18,20)/t11-,12-/m0/s1. The summed E-state index contributed by atoms with van der Waals surface area (Å²) in [6.45, 7) is 1.93. The van der Waals surface area contributed by atoms with Crippen LogP contribution in [0.3, 0.4) is 0 Å². The van der Waals surface area contributed by atoms with Gasteiger partial charge < -0.3 is 15.4 Å². The fourth-order valence-corrected chi connectivity index (χ4v) is 3.18. The average Bonchev–Trinajstić information content (AvgIpc) is 2.52. The monoisotopic (exact) mass is 340 g/mol. The second-order valence-corrected chi connectivity index (χ2v) is 6.10. The van der Waals surface area contributed by atoms with Gasteiger partial charge in [-0.05, 0) is 19.1 Å². The van der Waals surface area contributed by atoms with E-state index in [1.165, 1.54) is 30.0 Å². The Morgan fingerprint density at radius 3 is 2.83 bits per heavy atom. The topological polar surface area (TPSA) is 84.5 Å². The van der Waals surface area contributed by atoms with E-state index in [1.54, 1.807) is 13.0 Å². The summed E-state index contributed by atoms with van der Waals surface area (Å²) in [5, 5.41) is 4.36. The van der Waals surface area contributed by atoms with Gasteiger partial charge in [-0.15, -0.1) is 11.8 Å². The highest BCUT2D eigenvalue weighted by Gasteiger charge is 2.34. The SMILES string of the molecule is CCOC(=O)[C@@H]1CS[C@@H](CC(=O)Nc2ccccc2F)C(=O)N1. The zero-order chi connectivity index (χ0) is 16.8. The summed E-state index contributed by atoms with van der Waals surface area (Å²) in [5.74, 6) is -1.55. The van der Waals surface area contributed by atoms with Crippen molar-refractivity contribution in [2.45, 2.75) is 24.6 Å². The van der Waals surface area contributed by atoms with Crippen LogP contribution >= 0.6 is 11.8 Å². The van der Waals surface area contributed by atoms with Gasteiger partial charge >= 0.3 is 5.97 Å². The molecule has 2 atom stereocenters. The number of para-hydroxylation sites is 1. The first-order valence-corrected chi connectivity index (χ1v) is 8.19. The number of amides is 2. The first-order chi connectivity index (χ1) is 11.0. The molecule has 1 aromatic carbocycles. The van der Waals surface area contributed by atoms with Crippen molar-refractivity contribution < 1.29 is 23.5 Å². The van der Waals surface area contributed by atoms with Gasteiger partial charge in [0.2, 0.25) is 11.8 Å². The molecule has 1 saturated heterocycles. The molecular weight excluding hydrogens is 323 g/mol. The Morgan fingerprint density at radius 1 is 1.43 bits per heavy atom. The van der Waals surface area contributed by atoms with Crippen LogP contribution in [0.4, 0.5) is 10.1 Å². The van der Waals surface area contributed by atoms with Gasteiger partial charge in [-0.3, -0.25) is 9.59 Å². The van der Waals surface area contributed by atoms with E-state index in [2.05, 4.69) is 10.6 Å². The fourth-order valence-electron chi connectivity index (χ4n) is 2.05. The van der Waals surface area contributed by atoms with Gasteiger partial charge in [0.15, 0.2) is 0 Å². The van der Waals surface area contributed by atoms with Crippen LogP contribution in [0.15, 0.2) is 24.3 Å². The Kier molecular flexibility index (Phi) is 5.97. The van der Waals surface area contributed by atoms with Crippen LogP contribution < -0.4 is 10.6 Å². The Labute approximate surface area is 137 Å². The van der Waals surface area contributed by atoms with Gasteiger partial charge in [0.05, 0.1) is 17.5 Å².